The van der Waals surface area contributed by atoms with Crippen LogP contribution in [0.5, 0.6) is 5.75 Å². The van der Waals surface area contributed by atoms with Crippen molar-refractivity contribution in [3.8, 4) is 22.9 Å². The number of aryl methyl sites for hydroxylation is 1. The molecule has 1 N–H and O–H groups in total. The van der Waals surface area contributed by atoms with Gasteiger partial charge in [0.1, 0.15) is 17.5 Å². The number of nitriles is 1. The quantitative estimate of drug-likeness (QED) is 0.729. The van der Waals surface area contributed by atoms with Crippen LogP contribution in [0.2, 0.25) is 0 Å². The van der Waals surface area contributed by atoms with Gasteiger partial charge in [0.05, 0.1) is 12.0 Å². The molecular weight excluding hydrogens is 362 g/mol. The highest BCUT2D eigenvalue weighted by Crippen LogP contribution is 2.27. The summed E-state index contributed by atoms with van der Waals surface area (Å²) in [5.74, 6) is 0.581. The van der Waals surface area contributed by atoms with Crippen LogP contribution in [0.4, 0.5) is 5.69 Å². The monoisotopic (exact) mass is 379 g/mol. The summed E-state index contributed by atoms with van der Waals surface area (Å²) in [6.07, 6.45) is 1.55. The maximum Gasteiger partial charge on any atom is 0.261 e. The molecule has 0 unspecified atom stereocenters. The van der Waals surface area contributed by atoms with Gasteiger partial charge in [0.2, 0.25) is 0 Å². The van der Waals surface area contributed by atoms with Crippen LogP contribution in [-0.2, 0) is 10.0 Å². The second kappa shape index (κ2) is 7.48. The van der Waals surface area contributed by atoms with E-state index in [0.29, 0.717) is 17.1 Å². The van der Waals surface area contributed by atoms with E-state index in [0.717, 1.165) is 16.7 Å². The number of pyridine rings is 1. The minimum atomic E-state index is -3.74. The minimum Gasteiger partial charge on any atom is -0.497 e. The molecule has 3 aromatic rings. The Balaban J connectivity index is 1.95. The van der Waals surface area contributed by atoms with Crippen molar-refractivity contribution >= 4 is 15.7 Å². The molecule has 27 heavy (non-hydrogen) atoms. The lowest BCUT2D eigenvalue weighted by molar-refractivity contribution is 0.414. The fourth-order valence-corrected chi connectivity index (χ4v) is 3.69. The fraction of sp³-hybridized carbons (Fsp3) is 0.100. The fourth-order valence-electron chi connectivity index (χ4n) is 2.65. The zero-order valence-electron chi connectivity index (χ0n) is 14.8. The van der Waals surface area contributed by atoms with Crippen molar-refractivity contribution in [1.82, 2.24) is 4.98 Å². The normalized spacial score (nSPS) is 10.9. The first-order chi connectivity index (χ1) is 12.9. The van der Waals surface area contributed by atoms with Crippen molar-refractivity contribution in [3.05, 3.63) is 72.1 Å². The summed E-state index contributed by atoms with van der Waals surface area (Å²) in [7, 11) is -2.22. The summed E-state index contributed by atoms with van der Waals surface area (Å²) in [5, 5.41) is 9.02. The summed E-state index contributed by atoms with van der Waals surface area (Å²) in [4.78, 5) is 4.10. The zero-order valence-corrected chi connectivity index (χ0v) is 15.6. The molecule has 7 heteroatoms. The van der Waals surface area contributed by atoms with Gasteiger partial charge in [-0.2, -0.15) is 5.26 Å². The first-order valence-electron chi connectivity index (χ1n) is 8.06. The molecule has 136 valence electrons. The van der Waals surface area contributed by atoms with E-state index in [9.17, 15) is 8.42 Å². The van der Waals surface area contributed by atoms with Crippen LogP contribution in [0.25, 0.3) is 11.1 Å². The third-order valence-electron chi connectivity index (χ3n) is 3.91. The van der Waals surface area contributed by atoms with E-state index < -0.39 is 10.0 Å². The van der Waals surface area contributed by atoms with Crippen molar-refractivity contribution in [2.24, 2.45) is 0 Å². The molecule has 1 heterocycles. The number of hydrogen-bond acceptors (Lipinski definition) is 5. The van der Waals surface area contributed by atoms with Gasteiger partial charge in [-0.3, -0.25) is 4.72 Å². The molecule has 2 aromatic carbocycles. The Morgan fingerprint density at radius 1 is 1.04 bits per heavy atom. The molecule has 0 radical (unpaired) electrons. The van der Waals surface area contributed by atoms with Gasteiger partial charge in [-0.05, 0) is 72.1 Å². The van der Waals surface area contributed by atoms with Gasteiger partial charge >= 0.3 is 0 Å². The number of nitrogens with one attached hydrogen (secondary N) is 1. The maximum absolute atomic E-state index is 12.7. The second-order valence-electron chi connectivity index (χ2n) is 5.91. The van der Waals surface area contributed by atoms with E-state index >= 15 is 0 Å². The number of nitrogens with zero attached hydrogens (tertiary/aromatic N) is 2. The first kappa shape index (κ1) is 18.4. The van der Waals surface area contributed by atoms with Crippen LogP contribution in [0, 0.1) is 18.3 Å². The summed E-state index contributed by atoms with van der Waals surface area (Å²) in [6.45, 7) is 1.88. The van der Waals surface area contributed by atoms with Crippen molar-refractivity contribution in [2.45, 2.75) is 11.8 Å². The molecule has 6 nitrogen and oxygen atoms in total. The van der Waals surface area contributed by atoms with E-state index in [1.165, 1.54) is 19.2 Å². The molecular formula is C20H17N3O3S. The van der Waals surface area contributed by atoms with E-state index in [1.807, 2.05) is 19.1 Å². The minimum absolute atomic E-state index is 0.141. The van der Waals surface area contributed by atoms with Crippen molar-refractivity contribution in [1.29, 1.82) is 5.26 Å². The Labute approximate surface area is 158 Å². The Hall–Kier alpha value is -3.37. The number of methoxy groups -OCH3 is 1. The Bertz CT molecular complexity index is 1120. The molecule has 0 aliphatic rings. The van der Waals surface area contributed by atoms with Gasteiger partial charge in [0, 0.05) is 11.9 Å². The van der Waals surface area contributed by atoms with Gasteiger partial charge in [-0.1, -0.05) is 6.07 Å². The number of ether oxygens (including phenoxy) is 1. The molecule has 0 aliphatic heterocycles. The molecule has 0 saturated heterocycles. The molecule has 1 aromatic heterocycles. The van der Waals surface area contributed by atoms with Crippen LogP contribution in [0.1, 0.15) is 11.3 Å². The standard InChI is InChI=1S/C20H17N3O3S/c1-14-9-16(15-7-8-22-18(11-15)13-21)12-17(10-14)23-27(24,25)20-5-3-19(26-2)4-6-20/h3-12,23H,1-2H3. The summed E-state index contributed by atoms with van der Waals surface area (Å²) < 4.78 is 33.0. The predicted octanol–water partition coefficient (Wildman–Crippen LogP) is 3.74. The zero-order chi connectivity index (χ0) is 19.4. The van der Waals surface area contributed by atoms with Crippen molar-refractivity contribution in [2.75, 3.05) is 11.8 Å². The van der Waals surface area contributed by atoms with E-state index in [2.05, 4.69) is 9.71 Å². The molecule has 0 amide bonds. The van der Waals surface area contributed by atoms with E-state index in [1.54, 1.807) is 42.6 Å². The average Bonchev–Trinajstić information content (AvgIpc) is 2.67. The molecule has 0 saturated carbocycles. The van der Waals surface area contributed by atoms with Gasteiger partial charge < -0.3 is 4.74 Å². The second-order valence-corrected chi connectivity index (χ2v) is 7.59. The number of hydrogen-bond donors (Lipinski definition) is 1. The third kappa shape index (κ3) is 4.25. The highest BCUT2D eigenvalue weighted by molar-refractivity contribution is 7.92. The van der Waals surface area contributed by atoms with Gasteiger partial charge in [0.25, 0.3) is 10.0 Å². The molecule has 0 fully saturated rings. The Kier molecular flexibility index (Phi) is 5.10. The highest BCUT2D eigenvalue weighted by Gasteiger charge is 2.15. The Morgan fingerprint density at radius 2 is 1.78 bits per heavy atom. The summed E-state index contributed by atoms with van der Waals surface area (Å²) in [6, 6.07) is 17.0. The molecule has 0 aliphatic carbocycles. The molecule has 0 bridgehead atoms. The first-order valence-corrected chi connectivity index (χ1v) is 9.55. The lowest BCUT2D eigenvalue weighted by Crippen LogP contribution is -2.13. The number of sulfonamides is 1. The van der Waals surface area contributed by atoms with Gasteiger partial charge in [0.15, 0.2) is 0 Å². The SMILES string of the molecule is COc1ccc(S(=O)(=O)Nc2cc(C)cc(-c3ccnc(C#N)c3)c2)cc1. The van der Waals surface area contributed by atoms with Crippen LogP contribution < -0.4 is 9.46 Å². The average molecular weight is 379 g/mol. The number of rotatable bonds is 5. The maximum atomic E-state index is 12.7. The van der Waals surface area contributed by atoms with Gasteiger partial charge in [-0.25, -0.2) is 13.4 Å². The van der Waals surface area contributed by atoms with E-state index in [4.69, 9.17) is 10.00 Å². The van der Waals surface area contributed by atoms with Crippen LogP contribution in [0.15, 0.2) is 65.7 Å². The highest BCUT2D eigenvalue weighted by atomic mass is 32.2. The number of anilines is 1. The number of benzene rings is 2. The Morgan fingerprint density at radius 3 is 2.44 bits per heavy atom. The van der Waals surface area contributed by atoms with Crippen molar-refractivity contribution < 1.29 is 13.2 Å². The van der Waals surface area contributed by atoms with E-state index in [-0.39, 0.29) is 4.90 Å². The van der Waals surface area contributed by atoms with Gasteiger partial charge in [-0.15, -0.1) is 0 Å². The van der Waals surface area contributed by atoms with Crippen molar-refractivity contribution in [3.63, 3.8) is 0 Å². The topological polar surface area (TPSA) is 92.1 Å². The third-order valence-corrected chi connectivity index (χ3v) is 5.30. The van der Waals surface area contributed by atoms with Crippen LogP contribution in [-0.4, -0.2) is 20.5 Å². The largest absolute Gasteiger partial charge is 0.497 e. The smallest absolute Gasteiger partial charge is 0.261 e. The predicted molar refractivity (Wildman–Crippen MR) is 103 cm³/mol. The lowest BCUT2D eigenvalue weighted by atomic mass is 10.0. The van der Waals surface area contributed by atoms with Crippen LogP contribution >= 0.6 is 0 Å². The number of aromatic nitrogens is 1. The molecule has 0 atom stereocenters. The lowest BCUT2D eigenvalue weighted by Gasteiger charge is -2.12. The molecule has 0 spiro atoms. The molecule has 3 rings (SSSR count). The summed E-state index contributed by atoms with van der Waals surface area (Å²) in [5.41, 5.74) is 3.21. The van der Waals surface area contributed by atoms with Crippen LogP contribution in [0.3, 0.4) is 0 Å². The summed E-state index contributed by atoms with van der Waals surface area (Å²) >= 11 is 0.